The Bertz CT molecular complexity index is 601. The highest BCUT2D eigenvalue weighted by molar-refractivity contribution is 8.00. The fourth-order valence-corrected chi connectivity index (χ4v) is 2.75. The summed E-state index contributed by atoms with van der Waals surface area (Å²) in [5, 5.41) is 14.3. The number of amides is 2. The Kier molecular flexibility index (Phi) is 4.52. The van der Waals surface area contributed by atoms with Crippen LogP contribution in [-0.2, 0) is 9.59 Å². The van der Waals surface area contributed by atoms with Gasteiger partial charge < -0.3 is 15.7 Å². The van der Waals surface area contributed by atoms with E-state index < -0.39 is 17.9 Å². The summed E-state index contributed by atoms with van der Waals surface area (Å²) in [7, 11) is 0. The molecule has 0 unspecified atom stereocenters. The molecule has 1 aromatic carbocycles. The third-order valence-electron chi connectivity index (χ3n) is 3.09. The first-order valence-corrected chi connectivity index (χ1v) is 7.47. The molecule has 7 heteroatoms. The number of anilines is 1. The zero-order valence-corrected chi connectivity index (χ0v) is 12.5. The number of thioether (sulfide) groups is 1. The van der Waals surface area contributed by atoms with E-state index >= 15 is 0 Å². The summed E-state index contributed by atoms with van der Waals surface area (Å²) in [6, 6.07) is 3.99. The molecule has 0 bridgehead atoms. The zero-order valence-electron chi connectivity index (χ0n) is 11.7. The average molecular weight is 308 g/mol. The molecule has 21 heavy (non-hydrogen) atoms. The van der Waals surface area contributed by atoms with E-state index in [-0.39, 0.29) is 11.8 Å². The van der Waals surface area contributed by atoms with Crippen LogP contribution in [0.4, 0.5) is 5.69 Å². The number of aliphatic carboxylic acids is 1. The average Bonchev–Trinajstić information content (AvgIpc) is 2.42. The van der Waals surface area contributed by atoms with E-state index in [0.717, 1.165) is 4.90 Å². The largest absolute Gasteiger partial charge is 0.480 e. The van der Waals surface area contributed by atoms with Gasteiger partial charge in [0.05, 0.1) is 11.4 Å². The topological polar surface area (TPSA) is 95.5 Å². The molecule has 6 nitrogen and oxygen atoms in total. The van der Waals surface area contributed by atoms with Crippen LogP contribution in [0.2, 0.25) is 0 Å². The number of hydrogen-bond donors (Lipinski definition) is 3. The van der Waals surface area contributed by atoms with E-state index in [1.54, 1.807) is 32.0 Å². The molecule has 112 valence electrons. The van der Waals surface area contributed by atoms with E-state index in [0.29, 0.717) is 17.0 Å². The first-order valence-electron chi connectivity index (χ1n) is 6.49. The van der Waals surface area contributed by atoms with Crippen molar-refractivity contribution in [1.82, 2.24) is 5.32 Å². The molecule has 0 radical (unpaired) electrons. The Morgan fingerprint density at radius 2 is 2.10 bits per heavy atom. The Morgan fingerprint density at radius 1 is 1.38 bits per heavy atom. The summed E-state index contributed by atoms with van der Waals surface area (Å²) < 4.78 is 0. The van der Waals surface area contributed by atoms with Gasteiger partial charge in [-0.25, -0.2) is 4.79 Å². The van der Waals surface area contributed by atoms with Crippen LogP contribution >= 0.6 is 11.8 Å². The van der Waals surface area contributed by atoms with Gasteiger partial charge in [0, 0.05) is 10.5 Å². The lowest BCUT2D eigenvalue weighted by Gasteiger charge is -2.19. The molecular weight excluding hydrogens is 292 g/mol. The summed E-state index contributed by atoms with van der Waals surface area (Å²) in [6.07, 6.45) is 0. The van der Waals surface area contributed by atoms with Crippen molar-refractivity contribution in [2.75, 3.05) is 11.1 Å². The maximum Gasteiger partial charge on any atom is 0.326 e. The van der Waals surface area contributed by atoms with E-state index in [1.165, 1.54) is 11.8 Å². The molecule has 0 spiro atoms. The van der Waals surface area contributed by atoms with Gasteiger partial charge >= 0.3 is 5.97 Å². The molecular formula is C14H16N2O4S. The quantitative estimate of drug-likeness (QED) is 0.784. The van der Waals surface area contributed by atoms with Gasteiger partial charge in [0.2, 0.25) is 5.91 Å². The van der Waals surface area contributed by atoms with Crippen LogP contribution < -0.4 is 10.6 Å². The molecule has 1 aromatic rings. The maximum atomic E-state index is 12.1. The lowest BCUT2D eigenvalue weighted by molar-refractivity contribution is -0.140. The van der Waals surface area contributed by atoms with Gasteiger partial charge in [-0.2, -0.15) is 0 Å². The van der Waals surface area contributed by atoms with Crippen LogP contribution in [-0.4, -0.2) is 34.7 Å². The highest BCUT2D eigenvalue weighted by Crippen LogP contribution is 2.31. The van der Waals surface area contributed by atoms with Crippen molar-refractivity contribution in [3.05, 3.63) is 23.8 Å². The van der Waals surface area contributed by atoms with E-state index in [2.05, 4.69) is 10.6 Å². The first-order chi connectivity index (χ1) is 9.88. The van der Waals surface area contributed by atoms with Crippen LogP contribution in [0.3, 0.4) is 0 Å². The molecule has 2 rings (SSSR count). The number of hydrogen-bond acceptors (Lipinski definition) is 4. The summed E-state index contributed by atoms with van der Waals surface area (Å²) in [6.45, 7) is 3.45. The molecule has 1 heterocycles. The minimum Gasteiger partial charge on any atom is -0.480 e. The summed E-state index contributed by atoms with van der Waals surface area (Å²) >= 11 is 1.40. The van der Waals surface area contributed by atoms with Gasteiger partial charge in [-0.05, 0) is 24.1 Å². The zero-order chi connectivity index (χ0) is 15.6. The van der Waals surface area contributed by atoms with Crippen LogP contribution in [0, 0.1) is 5.92 Å². The number of carboxylic acid groups (broad SMARTS) is 1. The third-order valence-corrected chi connectivity index (χ3v) is 4.17. The second-order valence-electron chi connectivity index (χ2n) is 5.08. The SMILES string of the molecule is CC(C)[C@@H](NC(=O)c1ccc2c(c1)NC(=O)CS2)C(=O)O. The smallest absolute Gasteiger partial charge is 0.326 e. The lowest BCUT2D eigenvalue weighted by Crippen LogP contribution is -2.44. The number of nitrogens with one attached hydrogen (secondary N) is 2. The Balaban J connectivity index is 2.18. The van der Waals surface area contributed by atoms with Crippen molar-refractivity contribution < 1.29 is 19.5 Å². The number of carbonyl (C=O) groups is 3. The first kappa shape index (κ1) is 15.4. The number of benzene rings is 1. The van der Waals surface area contributed by atoms with Crippen LogP contribution in [0.1, 0.15) is 24.2 Å². The minimum absolute atomic E-state index is 0.115. The van der Waals surface area contributed by atoms with Crippen molar-refractivity contribution in [1.29, 1.82) is 0 Å². The van der Waals surface area contributed by atoms with Gasteiger partial charge in [0.25, 0.3) is 5.91 Å². The normalized spacial score (nSPS) is 15.1. The van der Waals surface area contributed by atoms with Crippen LogP contribution in [0.15, 0.2) is 23.1 Å². The van der Waals surface area contributed by atoms with Gasteiger partial charge in [0.1, 0.15) is 6.04 Å². The predicted octanol–water partition coefficient (Wildman–Crippen LogP) is 1.57. The summed E-state index contributed by atoms with van der Waals surface area (Å²) in [4.78, 5) is 35.5. The minimum atomic E-state index is -1.07. The van der Waals surface area contributed by atoms with Gasteiger partial charge in [0.15, 0.2) is 0 Å². The number of fused-ring (bicyclic) bond motifs is 1. The number of carbonyl (C=O) groups excluding carboxylic acids is 2. The Hall–Kier alpha value is -2.02. The fraction of sp³-hybridized carbons (Fsp3) is 0.357. The van der Waals surface area contributed by atoms with Gasteiger partial charge in [-0.15, -0.1) is 11.8 Å². The second-order valence-corrected chi connectivity index (χ2v) is 6.10. The highest BCUT2D eigenvalue weighted by atomic mass is 32.2. The predicted molar refractivity (Wildman–Crippen MR) is 79.5 cm³/mol. The molecule has 1 aliphatic heterocycles. The molecule has 1 atom stereocenters. The van der Waals surface area contributed by atoms with Crippen LogP contribution in [0.5, 0.6) is 0 Å². The van der Waals surface area contributed by atoms with Crippen molar-refractivity contribution in [3.8, 4) is 0 Å². The molecule has 0 fully saturated rings. The monoisotopic (exact) mass is 308 g/mol. The summed E-state index contributed by atoms with van der Waals surface area (Å²) in [5.41, 5.74) is 0.906. The number of carboxylic acids is 1. The second kappa shape index (κ2) is 6.17. The van der Waals surface area contributed by atoms with Crippen molar-refractivity contribution >= 4 is 35.2 Å². The molecule has 0 saturated carbocycles. The molecule has 3 N–H and O–H groups in total. The van der Waals surface area contributed by atoms with Crippen molar-refractivity contribution in [2.45, 2.75) is 24.8 Å². The van der Waals surface area contributed by atoms with Crippen LogP contribution in [0.25, 0.3) is 0 Å². The molecule has 2 amide bonds. The van der Waals surface area contributed by atoms with Crippen molar-refractivity contribution in [3.63, 3.8) is 0 Å². The summed E-state index contributed by atoms with van der Waals surface area (Å²) in [5.74, 6) is -1.52. The lowest BCUT2D eigenvalue weighted by atomic mass is 10.0. The Morgan fingerprint density at radius 3 is 2.71 bits per heavy atom. The third kappa shape index (κ3) is 3.55. The Labute approximate surface area is 126 Å². The molecule has 0 aliphatic carbocycles. The highest BCUT2D eigenvalue weighted by Gasteiger charge is 2.24. The fourth-order valence-electron chi connectivity index (χ4n) is 1.96. The van der Waals surface area contributed by atoms with Gasteiger partial charge in [-0.1, -0.05) is 13.8 Å². The van der Waals surface area contributed by atoms with Gasteiger partial charge in [-0.3, -0.25) is 9.59 Å². The van der Waals surface area contributed by atoms with Crippen molar-refractivity contribution in [2.24, 2.45) is 5.92 Å². The molecule has 0 saturated heterocycles. The van der Waals surface area contributed by atoms with E-state index in [9.17, 15) is 14.4 Å². The van der Waals surface area contributed by atoms with E-state index in [4.69, 9.17) is 5.11 Å². The maximum absolute atomic E-state index is 12.1. The number of rotatable bonds is 4. The molecule has 1 aliphatic rings. The molecule has 0 aromatic heterocycles. The van der Waals surface area contributed by atoms with E-state index in [1.807, 2.05) is 0 Å². The standard InChI is InChI=1S/C14H16N2O4S/c1-7(2)12(14(19)20)16-13(18)8-3-4-10-9(5-8)15-11(17)6-21-10/h3-5,7,12H,6H2,1-2H3,(H,15,17)(H,16,18)(H,19,20)/t12-/m1/s1.